The van der Waals surface area contributed by atoms with E-state index in [1.165, 1.54) is 4.88 Å². The van der Waals surface area contributed by atoms with Gasteiger partial charge in [0.1, 0.15) is 0 Å². The lowest BCUT2D eigenvalue weighted by Crippen LogP contribution is -2.13. The van der Waals surface area contributed by atoms with E-state index < -0.39 is 0 Å². The second kappa shape index (κ2) is 6.24. The Morgan fingerprint density at radius 3 is 3.00 bits per heavy atom. The molecule has 0 unspecified atom stereocenters. The Kier molecular flexibility index (Phi) is 4.18. The standard InChI is InChI=1S/C15H18N2O2S/c1-11-17-10-13(20-11)9-16-8-12-4-2-5-14-15(12)19-7-3-6-18-14/h2,4-5,10,16H,3,6-9H2,1H3. The summed E-state index contributed by atoms with van der Waals surface area (Å²) in [6, 6.07) is 6.07. The van der Waals surface area contributed by atoms with Gasteiger partial charge in [-0.3, -0.25) is 0 Å². The van der Waals surface area contributed by atoms with Crippen LogP contribution in [0.5, 0.6) is 11.5 Å². The number of benzene rings is 1. The molecule has 20 heavy (non-hydrogen) atoms. The molecule has 2 heterocycles. The predicted molar refractivity (Wildman–Crippen MR) is 79.4 cm³/mol. The summed E-state index contributed by atoms with van der Waals surface area (Å²) in [5.74, 6) is 1.74. The molecule has 106 valence electrons. The molecule has 0 atom stereocenters. The third-order valence-corrected chi connectivity index (χ3v) is 4.05. The maximum Gasteiger partial charge on any atom is 0.165 e. The summed E-state index contributed by atoms with van der Waals surface area (Å²) in [4.78, 5) is 5.51. The van der Waals surface area contributed by atoms with E-state index in [1.807, 2.05) is 25.3 Å². The third kappa shape index (κ3) is 3.11. The molecule has 0 saturated carbocycles. The molecule has 0 aliphatic carbocycles. The first kappa shape index (κ1) is 13.4. The van der Waals surface area contributed by atoms with Crippen LogP contribution in [0, 0.1) is 6.92 Å². The minimum atomic E-state index is 0.720. The predicted octanol–water partition coefficient (Wildman–Crippen LogP) is 2.90. The number of hydrogen-bond acceptors (Lipinski definition) is 5. The van der Waals surface area contributed by atoms with E-state index in [9.17, 15) is 0 Å². The molecule has 1 aromatic heterocycles. The van der Waals surface area contributed by atoms with Crippen LogP contribution in [0.4, 0.5) is 0 Å². The van der Waals surface area contributed by atoms with Gasteiger partial charge in [0.15, 0.2) is 11.5 Å². The quantitative estimate of drug-likeness (QED) is 0.940. The summed E-state index contributed by atoms with van der Waals surface area (Å²) >= 11 is 1.73. The molecule has 4 nitrogen and oxygen atoms in total. The average Bonchev–Trinajstić information content (AvgIpc) is 2.73. The molecule has 0 saturated heterocycles. The van der Waals surface area contributed by atoms with Crippen LogP contribution in [-0.2, 0) is 13.1 Å². The van der Waals surface area contributed by atoms with Crippen molar-refractivity contribution < 1.29 is 9.47 Å². The van der Waals surface area contributed by atoms with Crippen molar-refractivity contribution in [2.24, 2.45) is 0 Å². The number of ether oxygens (including phenoxy) is 2. The number of hydrogen-bond donors (Lipinski definition) is 1. The number of rotatable bonds is 4. The van der Waals surface area contributed by atoms with E-state index in [1.54, 1.807) is 11.3 Å². The number of nitrogens with zero attached hydrogens (tertiary/aromatic N) is 1. The van der Waals surface area contributed by atoms with Gasteiger partial charge in [0.25, 0.3) is 0 Å². The summed E-state index contributed by atoms with van der Waals surface area (Å²) < 4.78 is 11.5. The summed E-state index contributed by atoms with van der Waals surface area (Å²) in [5, 5.41) is 4.54. The van der Waals surface area contributed by atoms with Gasteiger partial charge in [-0.2, -0.15) is 0 Å². The Balaban J connectivity index is 1.65. The first-order valence-corrected chi connectivity index (χ1v) is 7.64. The number of fused-ring (bicyclic) bond motifs is 1. The van der Waals surface area contributed by atoms with Gasteiger partial charge in [-0.05, 0) is 13.0 Å². The zero-order chi connectivity index (χ0) is 13.8. The lowest BCUT2D eigenvalue weighted by molar-refractivity contribution is 0.296. The van der Waals surface area contributed by atoms with Crippen LogP contribution in [0.1, 0.15) is 21.9 Å². The van der Waals surface area contributed by atoms with E-state index in [2.05, 4.69) is 16.4 Å². The van der Waals surface area contributed by atoms with Crippen LogP contribution in [0.15, 0.2) is 24.4 Å². The van der Waals surface area contributed by atoms with Crippen molar-refractivity contribution in [2.75, 3.05) is 13.2 Å². The number of para-hydroxylation sites is 1. The minimum Gasteiger partial charge on any atom is -0.490 e. The molecule has 0 fully saturated rings. The molecule has 3 rings (SSSR count). The molecule has 0 amide bonds. The van der Waals surface area contributed by atoms with Gasteiger partial charge in [-0.15, -0.1) is 11.3 Å². The maximum atomic E-state index is 5.81. The van der Waals surface area contributed by atoms with Gasteiger partial charge < -0.3 is 14.8 Å². The smallest absolute Gasteiger partial charge is 0.165 e. The van der Waals surface area contributed by atoms with Crippen molar-refractivity contribution in [1.82, 2.24) is 10.3 Å². The maximum absolute atomic E-state index is 5.81. The fourth-order valence-corrected chi connectivity index (χ4v) is 2.97. The second-order valence-corrected chi connectivity index (χ2v) is 6.06. The lowest BCUT2D eigenvalue weighted by Gasteiger charge is -2.12. The fraction of sp³-hybridized carbons (Fsp3) is 0.400. The molecule has 0 spiro atoms. The van der Waals surface area contributed by atoms with Crippen LogP contribution in [0.3, 0.4) is 0 Å². The Bertz CT molecular complexity index is 583. The lowest BCUT2D eigenvalue weighted by atomic mass is 10.2. The highest BCUT2D eigenvalue weighted by Crippen LogP contribution is 2.33. The number of aromatic nitrogens is 1. The zero-order valence-electron chi connectivity index (χ0n) is 11.5. The van der Waals surface area contributed by atoms with Gasteiger partial charge in [0.05, 0.1) is 18.2 Å². The molecule has 0 bridgehead atoms. The van der Waals surface area contributed by atoms with Crippen molar-refractivity contribution >= 4 is 11.3 Å². The van der Waals surface area contributed by atoms with Crippen molar-refractivity contribution in [3.63, 3.8) is 0 Å². The van der Waals surface area contributed by atoms with Gasteiger partial charge >= 0.3 is 0 Å². The number of thiazole rings is 1. The molecule has 0 radical (unpaired) electrons. The first-order valence-electron chi connectivity index (χ1n) is 6.82. The van der Waals surface area contributed by atoms with Crippen LogP contribution >= 0.6 is 11.3 Å². The summed E-state index contributed by atoms with van der Waals surface area (Å²) in [6.45, 7) is 5.07. The first-order chi connectivity index (χ1) is 9.83. The van der Waals surface area contributed by atoms with Crippen molar-refractivity contribution in [3.8, 4) is 11.5 Å². The summed E-state index contributed by atoms with van der Waals surface area (Å²) in [7, 11) is 0. The normalized spacial score (nSPS) is 14.1. The molecule has 1 aliphatic rings. The van der Waals surface area contributed by atoms with Crippen LogP contribution in [-0.4, -0.2) is 18.2 Å². The van der Waals surface area contributed by atoms with E-state index in [0.717, 1.165) is 54.8 Å². The molecular weight excluding hydrogens is 272 g/mol. The monoisotopic (exact) mass is 290 g/mol. The largest absolute Gasteiger partial charge is 0.490 e. The highest BCUT2D eigenvalue weighted by Gasteiger charge is 2.14. The highest BCUT2D eigenvalue weighted by molar-refractivity contribution is 7.11. The molecule has 1 aromatic carbocycles. The number of aryl methyl sites for hydroxylation is 1. The van der Waals surface area contributed by atoms with E-state index >= 15 is 0 Å². The SMILES string of the molecule is Cc1ncc(CNCc2cccc3c2OCCCO3)s1. The molecule has 1 N–H and O–H groups in total. The molecule has 5 heteroatoms. The Morgan fingerprint density at radius 1 is 1.25 bits per heavy atom. The van der Waals surface area contributed by atoms with Gasteiger partial charge in [-0.1, -0.05) is 12.1 Å². The molecule has 2 aromatic rings. The Labute approximate surface area is 122 Å². The topological polar surface area (TPSA) is 43.4 Å². The highest BCUT2D eigenvalue weighted by atomic mass is 32.1. The summed E-state index contributed by atoms with van der Waals surface area (Å²) in [6.07, 6.45) is 2.86. The Hall–Kier alpha value is -1.59. The Morgan fingerprint density at radius 2 is 2.15 bits per heavy atom. The van der Waals surface area contributed by atoms with Crippen molar-refractivity contribution in [2.45, 2.75) is 26.4 Å². The van der Waals surface area contributed by atoms with Gasteiger partial charge in [0.2, 0.25) is 0 Å². The van der Waals surface area contributed by atoms with Crippen molar-refractivity contribution in [3.05, 3.63) is 39.8 Å². The van der Waals surface area contributed by atoms with Crippen LogP contribution in [0.25, 0.3) is 0 Å². The number of nitrogens with one attached hydrogen (secondary N) is 1. The van der Waals surface area contributed by atoms with Crippen LogP contribution < -0.4 is 14.8 Å². The molecular formula is C15H18N2O2S. The average molecular weight is 290 g/mol. The van der Waals surface area contributed by atoms with Crippen molar-refractivity contribution in [1.29, 1.82) is 0 Å². The molecule has 1 aliphatic heterocycles. The summed E-state index contributed by atoms with van der Waals surface area (Å²) in [5.41, 5.74) is 1.14. The minimum absolute atomic E-state index is 0.720. The van der Waals surface area contributed by atoms with Gasteiger partial charge in [0, 0.05) is 36.1 Å². The van der Waals surface area contributed by atoms with E-state index in [4.69, 9.17) is 9.47 Å². The van der Waals surface area contributed by atoms with Crippen LogP contribution in [0.2, 0.25) is 0 Å². The second-order valence-electron chi connectivity index (χ2n) is 4.74. The fourth-order valence-electron chi connectivity index (χ4n) is 2.20. The van der Waals surface area contributed by atoms with Gasteiger partial charge in [-0.25, -0.2) is 4.98 Å². The third-order valence-electron chi connectivity index (χ3n) is 3.14. The van der Waals surface area contributed by atoms with E-state index in [-0.39, 0.29) is 0 Å². The van der Waals surface area contributed by atoms with E-state index in [0.29, 0.717) is 0 Å². The zero-order valence-corrected chi connectivity index (χ0v) is 12.3.